The number of hydrogen-bond donors (Lipinski definition) is 2. The third kappa shape index (κ3) is 2.03. The third-order valence-electron chi connectivity index (χ3n) is 3.38. The summed E-state index contributed by atoms with van der Waals surface area (Å²) in [5, 5.41) is 4.63. The summed E-state index contributed by atoms with van der Waals surface area (Å²) in [7, 11) is 2.05. The largest absolute Gasteiger partial charge is 0.397 e. The summed E-state index contributed by atoms with van der Waals surface area (Å²) in [6.07, 6.45) is 2.09. The molecule has 0 atom stereocenters. The lowest BCUT2D eigenvalue weighted by molar-refractivity contribution is 0.970. The molecule has 0 radical (unpaired) electrons. The Balaban J connectivity index is 2.08. The number of rotatable bonds is 2. The molecule has 0 unspecified atom stereocenters. The number of nitrogens with zero attached hydrogens (tertiary/aromatic N) is 1. The van der Waals surface area contributed by atoms with Gasteiger partial charge in [-0.15, -0.1) is 0 Å². The predicted molar refractivity (Wildman–Crippen MR) is 81.8 cm³/mol. The number of nitrogen functional groups attached to an aromatic ring is 1. The zero-order valence-electron chi connectivity index (χ0n) is 11.1. The number of benzene rings is 2. The molecule has 3 rings (SSSR count). The van der Waals surface area contributed by atoms with Gasteiger partial charge in [0.15, 0.2) is 0 Å². The molecule has 0 amide bonds. The van der Waals surface area contributed by atoms with Gasteiger partial charge in [0, 0.05) is 24.1 Å². The fourth-order valence-corrected chi connectivity index (χ4v) is 2.36. The minimum absolute atomic E-state index is 0.763. The summed E-state index contributed by atoms with van der Waals surface area (Å²) >= 11 is 0. The van der Waals surface area contributed by atoms with Crippen molar-refractivity contribution in [2.24, 2.45) is 7.05 Å². The maximum Gasteiger partial charge on any atom is 0.0644 e. The molecule has 0 saturated heterocycles. The van der Waals surface area contributed by atoms with Crippen LogP contribution in [0, 0.1) is 6.92 Å². The van der Waals surface area contributed by atoms with E-state index in [4.69, 9.17) is 5.73 Å². The molecule has 96 valence electrons. The second kappa shape index (κ2) is 4.35. The fraction of sp³-hybridized carbons (Fsp3) is 0.125. The summed E-state index contributed by atoms with van der Waals surface area (Å²) in [5.74, 6) is 0. The van der Waals surface area contributed by atoms with Crippen molar-refractivity contribution in [3.63, 3.8) is 0 Å². The van der Waals surface area contributed by atoms with Gasteiger partial charge in [0.2, 0.25) is 0 Å². The van der Waals surface area contributed by atoms with Crippen molar-refractivity contribution in [2.75, 3.05) is 11.1 Å². The summed E-state index contributed by atoms with van der Waals surface area (Å²) in [5.41, 5.74) is 11.2. The molecule has 3 aromatic rings. The summed E-state index contributed by atoms with van der Waals surface area (Å²) < 4.78 is 2.11. The van der Waals surface area contributed by atoms with Crippen molar-refractivity contribution < 1.29 is 0 Å². The Morgan fingerprint density at radius 3 is 2.68 bits per heavy atom. The fourth-order valence-electron chi connectivity index (χ4n) is 2.36. The zero-order valence-corrected chi connectivity index (χ0v) is 11.1. The number of anilines is 3. The first-order valence-corrected chi connectivity index (χ1v) is 6.32. The van der Waals surface area contributed by atoms with Crippen molar-refractivity contribution in [1.29, 1.82) is 0 Å². The van der Waals surface area contributed by atoms with E-state index in [-0.39, 0.29) is 0 Å². The summed E-state index contributed by atoms with van der Waals surface area (Å²) in [6, 6.07) is 14.3. The SMILES string of the molecule is Cc1ccc(N)c(Nc2cn(C)c3ccccc23)c1. The van der Waals surface area contributed by atoms with Gasteiger partial charge in [-0.25, -0.2) is 0 Å². The van der Waals surface area contributed by atoms with Crippen molar-refractivity contribution in [1.82, 2.24) is 4.57 Å². The number of aryl methyl sites for hydroxylation is 2. The molecule has 1 heterocycles. The van der Waals surface area contributed by atoms with Crippen LogP contribution in [-0.4, -0.2) is 4.57 Å². The van der Waals surface area contributed by atoms with Crippen molar-refractivity contribution >= 4 is 28.0 Å². The highest BCUT2D eigenvalue weighted by Gasteiger charge is 2.07. The Kier molecular flexibility index (Phi) is 2.67. The van der Waals surface area contributed by atoms with Crippen molar-refractivity contribution in [3.8, 4) is 0 Å². The maximum atomic E-state index is 6.02. The molecule has 19 heavy (non-hydrogen) atoms. The summed E-state index contributed by atoms with van der Waals surface area (Å²) in [4.78, 5) is 0. The number of nitrogens with one attached hydrogen (secondary N) is 1. The van der Waals surface area contributed by atoms with Gasteiger partial charge in [0.1, 0.15) is 0 Å². The quantitative estimate of drug-likeness (QED) is 0.680. The van der Waals surface area contributed by atoms with Crippen LogP contribution in [0.4, 0.5) is 17.1 Å². The van der Waals surface area contributed by atoms with Crippen LogP contribution in [-0.2, 0) is 7.05 Å². The van der Waals surface area contributed by atoms with Crippen molar-refractivity contribution in [2.45, 2.75) is 6.92 Å². The highest BCUT2D eigenvalue weighted by Crippen LogP contribution is 2.30. The standard InChI is InChI=1S/C16H17N3/c1-11-7-8-13(17)14(9-11)18-15-10-19(2)16-6-4-3-5-12(15)16/h3-10,18H,17H2,1-2H3. The molecule has 0 fully saturated rings. The zero-order chi connectivity index (χ0) is 13.4. The van der Waals surface area contributed by atoms with Gasteiger partial charge in [0.05, 0.1) is 17.1 Å². The molecule has 3 nitrogen and oxygen atoms in total. The lowest BCUT2D eigenvalue weighted by Gasteiger charge is -2.09. The van der Waals surface area contributed by atoms with E-state index in [0.29, 0.717) is 0 Å². The average Bonchev–Trinajstić information content (AvgIpc) is 2.72. The molecule has 3 N–H and O–H groups in total. The smallest absolute Gasteiger partial charge is 0.0644 e. The third-order valence-corrected chi connectivity index (χ3v) is 3.38. The monoisotopic (exact) mass is 251 g/mol. The molecule has 0 saturated carbocycles. The Labute approximate surface area is 112 Å². The van der Waals surface area contributed by atoms with E-state index in [1.54, 1.807) is 0 Å². The van der Waals surface area contributed by atoms with Gasteiger partial charge in [0.25, 0.3) is 0 Å². The van der Waals surface area contributed by atoms with Gasteiger partial charge in [-0.2, -0.15) is 0 Å². The lowest BCUT2D eigenvalue weighted by atomic mass is 10.2. The summed E-state index contributed by atoms with van der Waals surface area (Å²) in [6.45, 7) is 2.06. The first-order chi connectivity index (χ1) is 9.15. The lowest BCUT2D eigenvalue weighted by Crippen LogP contribution is -1.96. The molecule has 0 aliphatic heterocycles. The first-order valence-electron chi connectivity index (χ1n) is 6.32. The van der Waals surface area contributed by atoms with E-state index in [1.165, 1.54) is 16.5 Å². The van der Waals surface area contributed by atoms with Gasteiger partial charge in [-0.3, -0.25) is 0 Å². The van der Waals surface area contributed by atoms with Crippen LogP contribution in [0.15, 0.2) is 48.7 Å². The Morgan fingerprint density at radius 1 is 1.05 bits per heavy atom. The van der Waals surface area contributed by atoms with Crippen LogP contribution in [0.1, 0.15) is 5.56 Å². The predicted octanol–water partition coefficient (Wildman–Crippen LogP) is 3.81. The van der Waals surface area contributed by atoms with Gasteiger partial charge in [-0.1, -0.05) is 24.3 Å². The van der Waals surface area contributed by atoms with E-state index in [9.17, 15) is 0 Å². The van der Waals surface area contributed by atoms with Crippen LogP contribution in [0.25, 0.3) is 10.9 Å². The van der Waals surface area contributed by atoms with E-state index < -0.39 is 0 Å². The first kappa shape index (κ1) is 11.7. The molecule has 3 heteroatoms. The molecule has 1 aromatic heterocycles. The topological polar surface area (TPSA) is 43.0 Å². The Hall–Kier alpha value is -2.42. The minimum Gasteiger partial charge on any atom is -0.397 e. The van der Waals surface area contributed by atoms with Crippen LogP contribution >= 0.6 is 0 Å². The van der Waals surface area contributed by atoms with E-state index >= 15 is 0 Å². The molecular formula is C16H17N3. The number of para-hydroxylation sites is 1. The van der Waals surface area contributed by atoms with E-state index in [1.807, 2.05) is 31.3 Å². The van der Waals surface area contributed by atoms with Gasteiger partial charge < -0.3 is 15.6 Å². The van der Waals surface area contributed by atoms with Gasteiger partial charge >= 0.3 is 0 Å². The molecule has 0 bridgehead atoms. The molecular weight excluding hydrogens is 234 g/mol. The number of hydrogen-bond acceptors (Lipinski definition) is 2. The Bertz CT molecular complexity index is 741. The number of nitrogens with two attached hydrogens (primary N) is 1. The minimum atomic E-state index is 0.763. The molecule has 0 aliphatic carbocycles. The van der Waals surface area contributed by atoms with Crippen LogP contribution < -0.4 is 11.1 Å². The Morgan fingerprint density at radius 2 is 1.84 bits per heavy atom. The maximum absolute atomic E-state index is 6.02. The normalized spacial score (nSPS) is 10.8. The van der Waals surface area contributed by atoms with Crippen LogP contribution in [0.3, 0.4) is 0 Å². The van der Waals surface area contributed by atoms with Crippen LogP contribution in [0.5, 0.6) is 0 Å². The molecule has 0 aliphatic rings. The van der Waals surface area contributed by atoms with E-state index in [2.05, 4.69) is 41.2 Å². The molecule has 0 spiro atoms. The second-order valence-electron chi connectivity index (χ2n) is 4.89. The number of aromatic nitrogens is 1. The highest BCUT2D eigenvalue weighted by molar-refractivity contribution is 5.95. The van der Waals surface area contributed by atoms with Crippen LogP contribution in [0.2, 0.25) is 0 Å². The van der Waals surface area contributed by atoms with Gasteiger partial charge in [-0.05, 0) is 30.7 Å². The number of fused-ring (bicyclic) bond motifs is 1. The highest BCUT2D eigenvalue weighted by atomic mass is 15.0. The second-order valence-corrected chi connectivity index (χ2v) is 4.89. The average molecular weight is 251 g/mol. The van der Waals surface area contributed by atoms with Crippen molar-refractivity contribution in [3.05, 3.63) is 54.2 Å². The van der Waals surface area contributed by atoms with E-state index in [0.717, 1.165) is 17.1 Å². The molecule has 2 aromatic carbocycles.